The summed E-state index contributed by atoms with van der Waals surface area (Å²) in [7, 11) is 3.41. The number of pyridine rings is 1. The zero-order valence-corrected chi connectivity index (χ0v) is 14.5. The maximum Gasteiger partial charge on any atom is 0.213 e. The lowest BCUT2D eigenvalue weighted by molar-refractivity contribution is 0.396. The SMILES string of the molecule is CN=C(NCc1cccc(OC)n1)NC(C)CCCC(C)C. The molecule has 1 aromatic heterocycles. The molecular formula is C17H30N4O. The first kappa shape index (κ1) is 18.3. The summed E-state index contributed by atoms with van der Waals surface area (Å²) in [6.45, 7) is 7.34. The number of aromatic nitrogens is 1. The van der Waals surface area contributed by atoms with Crippen molar-refractivity contribution >= 4 is 5.96 Å². The van der Waals surface area contributed by atoms with Gasteiger partial charge in [-0.05, 0) is 25.3 Å². The van der Waals surface area contributed by atoms with Crippen LogP contribution in [0.5, 0.6) is 5.88 Å². The van der Waals surface area contributed by atoms with Crippen LogP contribution in [0.25, 0.3) is 0 Å². The molecule has 22 heavy (non-hydrogen) atoms. The molecule has 1 unspecified atom stereocenters. The van der Waals surface area contributed by atoms with E-state index < -0.39 is 0 Å². The van der Waals surface area contributed by atoms with Crippen LogP contribution in [0.2, 0.25) is 0 Å². The van der Waals surface area contributed by atoms with Crippen molar-refractivity contribution < 1.29 is 4.74 Å². The largest absolute Gasteiger partial charge is 0.481 e. The van der Waals surface area contributed by atoms with Gasteiger partial charge in [0, 0.05) is 19.2 Å². The fourth-order valence-corrected chi connectivity index (χ4v) is 2.18. The molecule has 0 radical (unpaired) electrons. The van der Waals surface area contributed by atoms with E-state index in [0.717, 1.165) is 24.0 Å². The highest BCUT2D eigenvalue weighted by molar-refractivity contribution is 5.79. The van der Waals surface area contributed by atoms with Crippen LogP contribution in [0, 0.1) is 5.92 Å². The van der Waals surface area contributed by atoms with Crippen LogP contribution in [0.3, 0.4) is 0 Å². The van der Waals surface area contributed by atoms with Crippen molar-refractivity contribution in [1.82, 2.24) is 15.6 Å². The van der Waals surface area contributed by atoms with Gasteiger partial charge in [0.25, 0.3) is 0 Å². The molecule has 0 aliphatic rings. The fraction of sp³-hybridized carbons (Fsp3) is 0.647. The van der Waals surface area contributed by atoms with Gasteiger partial charge in [-0.3, -0.25) is 4.99 Å². The summed E-state index contributed by atoms with van der Waals surface area (Å²) in [4.78, 5) is 8.64. The van der Waals surface area contributed by atoms with Gasteiger partial charge < -0.3 is 15.4 Å². The van der Waals surface area contributed by atoms with E-state index in [1.54, 1.807) is 14.2 Å². The number of guanidine groups is 1. The Morgan fingerprint density at radius 3 is 2.68 bits per heavy atom. The Bertz CT molecular complexity index is 460. The number of rotatable bonds is 8. The van der Waals surface area contributed by atoms with Gasteiger partial charge in [-0.25, -0.2) is 4.98 Å². The molecule has 1 atom stereocenters. The lowest BCUT2D eigenvalue weighted by Gasteiger charge is -2.18. The number of hydrogen-bond acceptors (Lipinski definition) is 3. The van der Waals surface area contributed by atoms with Crippen LogP contribution in [0.1, 0.15) is 45.7 Å². The van der Waals surface area contributed by atoms with Gasteiger partial charge in [0.15, 0.2) is 5.96 Å². The van der Waals surface area contributed by atoms with Crippen molar-refractivity contribution in [3.05, 3.63) is 23.9 Å². The molecule has 0 aromatic carbocycles. The van der Waals surface area contributed by atoms with Crippen molar-refractivity contribution in [3.63, 3.8) is 0 Å². The van der Waals surface area contributed by atoms with E-state index in [9.17, 15) is 0 Å². The topological polar surface area (TPSA) is 58.5 Å². The van der Waals surface area contributed by atoms with Gasteiger partial charge in [-0.15, -0.1) is 0 Å². The molecular weight excluding hydrogens is 276 g/mol. The molecule has 5 heteroatoms. The Labute approximate surface area is 134 Å². The number of nitrogens with zero attached hydrogens (tertiary/aromatic N) is 2. The van der Waals surface area contributed by atoms with Crippen molar-refractivity contribution in [2.24, 2.45) is 10.9 Å². The van der Waals surface area contributed by atoms with E-state index in [2.05, 4.69) is 41.4 Å². The molecule has 0 amide bonds. The number of hydrogen-bond donors (Lipinski definition) is 2. The summed E-state index contributed by atoms with van der Waals surface area (Å²) in [6.07, 6.45) is 3.66. The average Bonchev–Trinajstić information content (AvgIpc) is 2.51. The third kappa shape index (κ3) is 7.29. The molecule has 0 fully saturated rings. The number of aliphatic imine (C=N–C) groups is 1. The van der Waals surface area contributed by atoms with E-state index in [1.165, 1.54) is 12.8 Å². The molecule has 0 aliphatic heterocycles. The van der Waals surface area contributed by atoms with Gasteiger partial charge in [0.2, 0.25) is 5.88 Å². The Morgan fingerprint density at radius 2 is 2.05 bits per heavy atom. The number of nitrogens with one attached hydrogen (secondary N) is 2. The molecule has 1 aromatic rings. The molecule has 0 saturated heterocycles. The highest BCUT2D eigenvalue weighted by atomic mass is 16.5. The monoisotopic (exact) mass is 306 g/mol. The standard InChI is InChI=1S/C17H30N4O/c1-13(2)8-6-9-14(3)20-17(18-4)19-12-15-10-7-11-16(21-15)22-5/h7,10-11,13-14H,6,8-9,12H2,1-5H3,(H2,18,19,20). The van der Waals surface area contributed by atoms with Crippen molar-refractivity contribution in [3.8, 4) is 5.88 Å². The van der Waals surface area contributed by atoms with Gasteiger partial charge >= 0.3 is 0 Å². The third-order valence-corrected chi connectivity index (χ3v) is 3.45. The number of ether oxygens (including phenoxy) is 1. The highest BCUT2D eigenvalue weighted by Gasteiger charge is 2.06. The lowest BCUT2D eigenvalue weighted by atomic mass is 10.0. The maximum absolute atomic E-state index is 5.13. The molecule has 0 saturated carbocycles. The van der Waals surface area contributed by atoms with E-state index in [-0.39, 0.29) is 0 Å². The second-order valence-corrected chi connectivity index (χ2v) is 5.97. The summed E-state index contributed by atoms with van der Waals surface area (Å²) in [6, 6.07) is 6.15. The highest BCUT2D eigenvalue weighted by Crippen LogP contribution is 2.08. The van der Waals surface area contributed by atoms with Crippen molar-refractivity contribution in [2.45, 2.75) is 52.6 Å². The van der Waals surface area contributed by atoms with Crippen LogP contribution >= 0.6 is 0 Å². The summed E-state index contributed by atoms with van der Waals surface area (Å²) >= 11 is 0. The first-order valence-corrected chi connectivity index (χ1v) is 8.02. The second-order valence-electron chi connectivity index (χ2n) is 5.97. The van der Waals surface area contributed by atoms with Crippen molar-refractivity contribution in [1.29, 1.82) is 0 Å². The predicted molar refractivity (Wildman–Crippen MR) is 92.3 cm³/mol. The number of methoxy groups -OCH3 is 1. The molecule has 124 valence electrons. The molecule has 0 spiro atoms. The van der Waals surface area contributed by atoms with Gasteiger partial charge in [-0.1, -0.05) is 32.8 Å². The van der Waals surface area contributed by atoms with E-state index >= 15 is 0 Å². The molecule has 1 rings (SSSR count). The quantitative estimate of drug-likeness (QED) is 0.572. The van der Waals surface area contributed by atoms with Gasteiger partial charge in [0.1, 0.15) is 0 Å². The van der Waals surface area contributed by atoms with Gasteiger partial charge in [0.05, 0.1) is 19.3 Å². The fourth-order valence-electron chi connectivity index (χ4n) is 2.18. The lowest BCUT2D eigenvalue weighted by Crippen LogP contribution is -2.41. The molecule has 5 nitrogen and oxygen atoms in total. The minimum Gasteiger partial charge on any atom is -0.481 e. The predicted octanol–water partition coefficient (Wildman–Crippen LogP) is 2.97. The van der Waals surface area contributed by atoms with E-state index in [0.29, 0.717) is 18.5 Å². The molecule has 0 aliphatic carbocycles. The van der Waals surface area contributed by atoms with Crippen LogP contribution < -0.4 is 15.4 Å². The Kier molecular flexibility index (Phi) is 8.33. The normalized spacial score (nSPS) is 13.1. The maximum atomic E-state index is 5.13. The summed E-state index contributed by atoms with van der Waals surface area (Å²) in [5, 5.41) is 6.71. The molecule has 2 N–H and O–H groups in total. The third-order valence-electron chi connectivity index (χ3n) is 3.45. The van der Waals surface area contributed by atoms with E-state index in [1.807, 2.05) is 18.2 Å². The summed E-state index contributed by atoms with van der Waals surface area (Å²) in [5.41, 5.74) is 0.926. The van der Waals surface area contributed by atoms with Gasteiger partial charge in [-0.2, -0.15) is 0 Å². The zero-order chi connectivity index (χ0) is 16.4. The minimum absolute atomic E-state index is 0.406. The summed E-state index contributed by atoms with van der Waals surface area (Å²) < 4.78 is 5.13. The van der Waals surface area contributed by atoms with Crippen LogP contribution in [0.15, 0.2) is 23.2 Å². The summed E-state index contributed by atoms with van der Waals surface area (Å²) in [5.74, 6) is 2.20. The van der Waals surface area contributed by atoms with Crippen molar-refractivity contribution in [2.75, 3.05) is 14.2 Å². The van der Waals surface area contributed by atoms with Crippen LogP contribution in [-0.4, -0.2) is 31.1 Å². The van der Waals surface area contributed by atoms with Crippen LogP contribution in [-0.2, 0) is 6.54 Å². The Morgan fingerprint density at radius 1 is 1.27 bits per heavy atom. The minimum atomic E-state index is 0.406. The molecule has 1 heterocycles. The second kappa shape index (κ2) is 10.0. The van der Waals surface area contributed by atoms with E-state index in [4.69, 9.17) is 4.74 Å². The average molecular weight is 306 g/mol. The van der Waals surface area contributed by atoms with Crippen LogP contribution in [0.4, 0.5) is 0 Å². The zero-order valence-electron chi connectivity index (χ0n) is 14.5. The first-order chi connectivity index (χ1) is 10.5. The smallest absolute Gasteiger partial charge is 0.213 e. The molecule has 0 bridgehead atoms. The Balaban J connectivity index is 2.38. The Hall–Kier alpha value is -1.78. The first-order valence-electron chi connectivity index (χ1n) is 8.02.